The second-order valence-corrected chi connectivity index (χ2v) is 7.97. The number of carbonyl (C=O) groups is 3. The van der Waals surface area contributed by atoms with Crippen LogP contribution >= 0.6 is 0 Å². The van der Waals surface area contributed by atoms with Crippen LogP contribution < -0.4 is 5.32 Å². The molecule has 154 valence electrons. The topological polar surface area (TPSA) is 84.9 Å². The van der Waals surface area contributed by atoms with Gasteiger partial charge in [-0.05, 0) is 39.2 Å². The SMILES string of the molecule is CC(C)(C)OC(=O)N[C@H]1CCN(C(=O)CCCC(=O)OCc2ccccc2)C1. The molecule has 7 heteroatoms. The quantitative estimate of drug-likeness (QED) is 0.724. The summed E-state index contributed by atoms with van der Waals surface area (Å²) >= 11 is 0. The highest BCUT2D eigenvalue weighted by Crippen LogP contribution is 2.14. The largest absolute Gasteiger partial charge is 0.461 e. The summed E-state index contributed by atoms with van der Waals surface area (Å²) < 4.78 is 10.4. The number of alkyl carbamates (subject to hydrolysis) is 1. The van der Waals surface area contributed by atoms with Crippen molar-refractivity contribution < 1.29 is 23.9 Å². The molecule has 2 rings (SSSR count). The Morgan fingerprint density at radius 3 is 2.54 bits per heavy atom. The Hall–Kier alpha value is -2.57. The Balaban J connectivity index is 1.61. The summed E-state index contributed by atoms with van der Waals surface area (Å²) in [5, 5.41) is 2.80. The van der Waals surface area contributed by atoms with Crippen molar-refractivity contribution >= 4 is 18.0 Å². The average Bonchev–Trinajstić information content (AvgIpc) is 3.07. The van der Waals surface area contributed by atoms with Crippen LogP contribution in [0.25, 0.3) is 0 Å². The number of esters is 1. The number of nitrogens with one attached hydrogen (secondary N) is 1. The lowest BCUT2D eigenvalue weighted by Crippen LogP contribution is -2.41. The predicted octanol–water partition coefficient (Wildman–Crippen LogP) is 3.03. The molecule has 0 spiro atoms. The van der Waals surface area contributed by atoms with Crippen LogP contribution in [-0.2, 0) is 25.7 Å². The Labute approximate surface area is 166 Å². The van der Waals surface area contributed by atoms with Crippen LogP contribution in [0.3, 0.4) is 0 Å². The average molecular weight is 390 g/mol. The first-order valence-corrected chi connectivity index (χ1v) is 9.70. The number of likely N-dealkylation sites (tertiary alicyclic amines) is 1. The van der Waals surface area contributed by atoms with Crippen LogP contribution in [0.2, 0.25) is 0 Å². The minimum Gasteiger partial charge on any atom is -0.461 e. The van der Waals surface area contributed by atoms with E-state index in [1.807, 2.05) is 51.1 Å². The molecule has 28 heavy (non-hydrogen) atoms. The van der Waals surface area contributed by atoms with E-state index in [1.165, 1.54) is 0 Å². The van der Waals surface area contributed by atoms with Crippen molar-refractivity contribution in [2.75, 3.05) is 13.1 Å². The van der Waals surface area contributed by atoms with Crippen LogP contribution in [0, 0.1) is 0 Å². The fourth-order valence-electron chi connectivity index (χ4n) is 2.93. The second-order valence-electron chi connectivity index (χ2n) is 7.97. The van der Waals surface area contributed by atoms with E-state index >= 15 is 0 Å². The maximum Gasteiger partial charge on any atom is 0.407 e. The zero-order valence-corrected chi connectivity index (χ0v) is 16.9. The molecule has 1 heterocycles. The van der Waals surface area contributed by atoms with Crippen molar-refractivity contribution in [3.05, 3.63) is 35.9 Å². The normalized spacial score (nSPS) is 16.5. The Bertz CT molecular complexity index is 669. The van der Waals surface area contributed by atoms with Gasteiger partial charge in [0.05, 0.1) is 6.04 Å². The van der Waals surface area contributed by atoms with Gasteiger partial charge in [-0.2, -0.15) is 0 Å². The molecule has 0 radical (unpaired) electrons. The van der Waals surface area contributed by atoms with Crippen LogP contribution in [0.1, 0.15) is 52.0 Å². The maximum atomic E-state index is 12.3. The van der Waals surface area contributed by atoms with E-state index in [0.29, 0.717) is 32.4 Å². The number of amides is 2. The highest BCUT2D eigenvalue weighted by molar-refractivity contribution is 5.77. The van der Waals surface area contributed by atoms with Gasteiger partial charge in [0.15, 0.2) is 0 Å². The van der Waals surface area contributed by atoms with Gasteiger partial charge in [0.1, 0.15) is 12.2 Å². The van der Waals surface area contributed by atoms with Crippen molar-refractivity contribution in [1.29, 1.82) is 0 Å². The molecule has 0 saturated carbocycles. The zero-order valence-electron chi connectivity index (χ0n) is 16.9. The van der Waals surface area contributed by atoms with Crippen molar-refractivity contribution in [3.8, 4) is 0 Å². The van der Waals surface area contributed by atoms with Crippen molar-refractivity contribution in [3.63, 3.8) is 0 Å². The molecular weight excluding hydrogens is 360 g/mol. The van der Waals surface area contributed by atoms with Gasteiger partial charge in [-0.1, -0.05) is 30.3 Å². The van der Waals surface area contributed by atoms with Gasteiger partial charge in [0.2, 0.25) is 5.91 Å². The van der Waals surface area contributed by atoms with Crippen LogP contribution in [0.5, 0.6) is 0 Å². The lowest BCUT2D eigenvalue weighted by Gasteiger charge is -2.22. The summed E-state index contributed by atoms with van der Waals surface area (Å²) in [6.07, 6.45) is 1.19. The molecule has 1 N–H and O–H groups in total. The van der Waals surface area contributed by atoms with Gasteiger partial charge >= 0.3 is 12.1 Å². The summed E-state index contributed by atoms with van der Waals surface area (Å²) in [6.45, 7) is 6.73. The Kier molecular flexibility index (Phi) is 7.84. The highest BCUT2D eigenvalue weighted by Gasteiger charge is 2.28. The van der Waals surface area contributed by atoms with Crippen molar-refractivity contribution in [2.45, 2.75) is 64.7 Å². The number of benzene rings is 1. The first-order valence-electron chi connectivity index (χ1n) is 9.70. The number of rotatable bonds is 7. The number of nitrogens with zero attached hydrogens (tertiary/aromatic N) is 1. The highest BCUT2D eigenvalue weighted by atomic mass is 16.6. The van der Waals surface area contributed by atoms with Crippen LogP contribution in [0.15, 0.2) is 30.3 Å². The third-order valence-electron chi connectivity index (χ3n) is 4.28. The van der Waals surface area contributed by atoms with E-state index in [4.69, 9.17) is 9.47 Å². The second kappa shape index (κ2) is 10.1. The molecule has 1 atom stereocenters. The van der Waals surface area contributed by atoms with E-state index < -0.39 is 11.7 Å². The van der Waals surface area contributed by atoms with Gasteiger partial charge in [0, 0.05) is 25.9 Å². The lowest BCUT2D eigenvalue weighted by atomic mass is 10.2. The van der Waals surface area contributed by atoms with Gasteiger partial charge in [-0.25, -0.2) is 4.79 Å². The van der Waals surface area contributed by atoms with E-state index in [0.717, 1.165) is 5.56 Å². The molecule has 1 fully saturated rings. The number of hydrogen-bond donors (Lipinski definition) is 1. The molecule has 0 aromatic heterocycles. The fourth-order valence-corrected chi connectivity index (χ4v) is 2.93. The Morgan fingerprint density at radius 1 is 1.14 bits per heavy atom. The molecule has 0 unspecified atom stereocenters. The van der Waals surface area contributed by atoms with Crippen LogP contribution in [0.4, 0.5) is 4.79 Å². The van der Waals surface area contributed by atoms with E-state index in [-0.39, 0.29) is 30.9 Å². The van der Waals surface area contributed by atoms with E-state index in [2.05, 4.69) is 5.32 Å². The first-order chi connectivity index (χ1) is 13.2. The van der Waals surface area contributed by atoms with Gasteiger partial charge in [-0.3, -0.25) is 9.59 Å². The van der Waals surface area contributed by atoms with Gasteiger partial charge in [-0.15, -0.1) is 0 Å². The summed E-state index contributed by atoms with van der Waals surface area (Å²) in [5.41, 5.74) is 0.389. The molecule has 0 aliphatic carbocycles. The summed E-state index contributed by atoms with van der Waals surface area (Å²) in [7, 11) is 0. The summed E-state index contributed by atoms with van der Waals surface area (Å²) in [5.74, 6) is -0.313. The molecule has 2 amide bonds. The first kappa shape index (κ1) is 21.7. The number of ether oxygens (including phenoxy) is 2. The third kappa shape index (κ3) is 7.98. The molecule has 1 saturated heterocycles. The fraction of sp³-hybridized carbons (Fsp3) is 0.571. The zero-order chi connectivity index (χ0) is 20.6. The molecule has 7 nitrogen and oxygen atoms in total. The number of hydrogen-bond acceptors (Lipinski definition) is 5. The van der Waals surface area contributed by atoms with E-state index in [9.17, 15) is 14.4 Å². The van der Waals surface area contributed by atoms with Gasteiger partial charge < -0.3 is 19.7 Å². The lowest BCUT2D eigenvalue weighted by molar-refractivity contribution is -0.145. The maximum absolute atomic E-state index is 12.3. The molecule has 0 bridgehead atoms. The van der Waals surface area contributed by atoms with Crippen molar-refractivity contribution in [1.82, 2.24) is 10.2 Å². The summed E-state index contributed by atoms with van der Waals surface area (Å²) in [6, 6.07) is 9.38. The van der Waals surface area contributed by atoms with Crippen molar-refractivity contribution in [2.24, 2.45) is 0 Å². The molecule has 1 aliphatic rings. The molecular formula is C21H30N2O5. The molecule has 1 aromatic carbocycles. The minimum absolute atomic E-state index is 0.00986. The third-order valence-corrected chi connectivity index (χ3v) is 4.28. The summed E-state index contributed by atoms with van der Waals surface area (Å²) in [4.78, 5) is 37.6. The Morgan fingerprint density at radius 2 is 1.86 bits per heavy atom. The monoisotopic (exact) mass is 390 g/mol. The molecule has 1 aliphatic heterocycles. The number of carbonyl (C=O) groups excluding carboxylic acids is 3. The van der Waals surface area contributed by atoms with E-state index in [1.54, 1.807) is 4.90 Å². The minimum atomic E-state index is -0.548. The smallest absolute Gasteiger partial charge is 0.407 e. The standard InChI is InChI=1S/C21H30N2O5/c1-21(2,3)28-20(26)22-17-12-13-23(14-17)18(24)10-7-11-19(25)27-15-16-8-5-4-6-9-16/h4-6,8-9,17H,7,10-15H2,1-3H3,(H,22,26)/t17-/m0/s1. The molecule has 1 aromatic rings. The predicted molar refractivity (Wildman–Crippen MR) is 104 cm³/mol. The van der Waals surface area contributed by atoms with Crippen LogP contribution in [-0.4, -0.2) is 47.6 Å². The van der Waals surface area contributed by atoms with Gasteiger partial charge in [0.25, 0.3) is 0 Å².